The third-order valence-corrected chi connectivity index (χ3v) is 3.51. The first-order valence-electron chi connectivity index (χ1n) is 6.21. The minimum absolute atomic E-state index is 0.109. The molecule has 2 rings (SSSR count). The monoisotopic (exact) mass is 253 g/mol. The van der Waals surface area contributed by atoms with Gasteiger partial charge in [0.25, 0.3) is 0 Å². The third-order valence-electron chi connectivity index (χ3n) is 3.51. The molecule has 2 heterocycles. The molecule has 0 aromatic carbocycles. The van der Waals surface area contributed by atoms with Crippen LogP contribution < -0.4 is 10.6 Å². The fourth-order valence-corrected chi connectivity index (χ4v) is 2.69. The number of anilines is 1. The molecule has 18 heavy (non-hydrogen) atoms. The van der Waals surface area contributed by atoms with E-state index in [1.165, 1.54) is 0 Å². The van der Waals surface area contributed by atoms with Gasteiger partial charge in [0, 0.05) is 26.2 Å². The summed E-state index contributed by atoms with van der Waals surface area (Å²) in [4.78, 5) is 12.9. The molecule has 0 saturated carbocycles. The molecule has 1 aliphatic rings. The largest absolute Gasteiger partial charge is 0.347 e. The van der Waals surface area contributed by atoms with Crippen LogP contribution in [0.4, 0.5) is 11.5 Å². The molecule has 1 aromatic rings. The topological polar surface area (TPSA) is 90.2 Å². The molecular weight excluding hydrogens is 234 g/mol. The van der Waals surface area contributed by atoms with E-state index in [0.717, 1.165) is 25.8 Å². The molecule has 1 fully saturated rings. The second kappa shape index (κ2) is 4.93. The highest BCUT2D eigenvalue weighted by Crippen LogP contribution is 2.34. The minimum atomic E-state index is -0.347. The summed E-state index contributed by atoms with van der Waals surface area (Å²) in [6.45, 7) is 2.99. The molecule has 0 spiro atoms. The zero-order valence-corrected chi connectivity index (χ0v) is 10.8. The van der Waals surface area contributed by atoms with E-state index in [9.17, 15) is 10.1 Å². The van der Waals surface area contributed by atoms with Crippen LogP contribution in [-0.2, 0) is 7.05 Å². The van der Waals surface area contributed by atoms with Gasteiger partial charge in [-0.15, -0.1) is 0 Å². The van der Waals surface area contributed by atoms with Gasteiger partial charge in [0.05, 0.1) is 4.92 Å². The Morgan fingerprint density at radius 1 is 1.56 bits per heavy atom. The summed E-state index contributed by atoms with van der Waals surface area (Å²) in [5, 5.41) is 15.4. The van der Waals surface area contributed by atoms with Crippen LogP contribution in [0.2, 0.25) is 0 Å². The fourth-order valence-electron chi connectivity index (χ4n) is 2.69. The van der Waals surface area contributed by atoms with E-state index >= 15 is 0 Å². The van der Waals surface area contributed by atoms with Crippen LogP contribution in [0.25, 0.3) is 0 Å². The van der Waals surface area contributed by atoms with E-state index < -0.39 is 0 Å². The second-order valence-electron chi connectivity index (χ2n) is 4.72. The Labute approximate surface area is 106 Å². The van der Waals surface area contributed by atoms with Crippen molar-refractivity contribution in [1.29, 1.82) is 0 Å². The number of rotatable bonds is 3. The molecule has 1 aromatic heterocycles. The summed E-state index contributed by atoms with van der Waals surface area (Å²) in [5.41, 5.74) is 6.34. The Morgan fingerprint density at radius 3 is 2.89 bits per heavy atom. The Hall–Kier alpha value is -1.63. The normalized spacial score (nSPS) is 20.2. The van der Waals surface area contributed by atoms with Gasteiger partial charge in [-0.05, 0) is 26.2 Å². The number of hydrogen-bond acceptors (Lipinski definition) is 5. The van der Waals surface area contributed by atoms with E-state index in [1.807, 2.05) is 4.90 Å². The summed E-state index contributed by atoms with van der Waals surface area (Å²) in [6.07, 6.45) is 3.15. The summed E-state index contributed by atoms with van der Waals surface area (Å²) in [5.74, 6) is 0.590. The third kappa shape index (κ3) is 2.05. The van der Waals surface area contributed by atoms with Crippen LogP contribution in [0, 0.1) is 17.0 Å². The molecule has 1 saturated heterocycles. The van der Waals surface area contributed by atoms with Crippen LogP contribution in [0.5, 0.6) is 0 Å². The zero-order valence-electron chi connectivity index (χ0n) is 10.8. The Morgan fingerprint density at radius 2 is 2.28 bits per heavy atom. The number of aromatic nitrogens is 2. The Balaban J connectivity index is 2.45. The number of aryl methyl sites for hydroxylation is 2. The van der Waals surface area contributed by atoms with Gasteiger partial charge in [0.15, 0.2) is 0 Å². The molecule has 7 heteroatoms. The Kier molecular flexibility index (Phi) is 3.51. The highest BCUT2D eigenvalue weighted by Gasteiger charge is 2.32. The van der Waals surface area contributed by atoms with Crippen molar-refractivity contribution in [2.75, 3.05) is 18.0 Å². The first-order valence-corrected chi connectivity index (χ1v) is 6.21. The predicted molar refractivity (Wildman–Crippen MR) is 68.6 cm³/mol. The van der Waals surface area contributed by atoms with Crippen LogP contribution in [0.15, 0.2) is 0 Å². The molecule has 7 nitrogen and oxygen atoms in total. The van der Waals surface area contributed by atoms with E-state index in [0.29, 0.717) is 18.1 Å². The molecule has 0 bridgehead atoms. The average Bonchev–Trinajstić information content (AvgIpc) is 2.64. The van der Waals surface area contributed by atoms with Gasteiger partial charge in [-0.2, -0.15) is 5.10 Å². The lowest BCUT2D eigenvalue weighted by Gasteiger charge is -2.35. The van der Waals surface area contributed by atoms with Crippen molar-refractivity contribution in [1.82, 2.24) is 9.78 Å². The Bertz CT molecular complexity index is 457. The lowest BCUT2D eigenvalue weighted by molar-refractivity contribution is -0.384. The van der Waals surface area contributed by atoms with Crippen LogP contribution in [0.3, 0.4) is 0 Å². The van der Waals surface area contributed by atoms with Crippen molar-refractivity contribution in [2.45, 2.75) is 32.2 Å². The van der Waals surface area contributed by atoms with Crippen LogP contribution >= 0.6 is 0 Å². The maximum Gasteiger partial charge on any atom is 0.333 e. The number of hydrogen-bond donors (Lipinski definition) is 1. The zero-order chi connectivity index (χ0) is 13.3. The SMILES string of the molecule is Cc1nn(C)c(N2CCCCC2CN)c1[N+](=O)[O-]. The summed E-state index contributed by atoms with van der Waals surface area (Å²) in [7, 11) is 1.75. The van der Waals surface area contributed by atoms with Crippen molar-refractivity contribution in [3.63, 3.8) is 0 Å². The molecular formula is C11H19N5O2. The first-order chi connectivity index (χ1) is 8.56. The van der Waals surface area contributed by atoms with Gasteiger partial charge in [0.1, 0.15) is 5.69 Å². The highest BCUT2D eigenvalue weighted by atomic mass is 16.6. The van der Waals surface area contributed by atoms with Crippen molar-refractivity contribution >= 4 is 11.5 Å². The van der Waals surface area contributed by atoms with Gasteiger partial charge in [-0.3, -0.25) is 10.1 Å². The summed E-state index contributed by atoms with van der Waals surface area (Å²) in [6, 6.07) is 0.173. The quantitative estimate of drug-likeness (QED) is 0.640. The van der Waals surface area contributed by atoms with Gasteiger partial charge < -0.3 is 10.6 Å². The minimum Gasteiger partial charge on any atom is -0.347 e. The van der Waals surface area contributed by atoms with Gasteiger partial charge in [-0.25, -0.2) is 4.68 Å². The summed E-state index contributed by atoms with van der Waals surface area (Å²) < 4.78 is 1.60. The lowest BCUT2D eigenvalue weighted by Crippen LogP contribution is -2.45. The number of nitro groups is 1. The second-order valence-corrected chi connectivity index (χ2v) is 4.72. The molecule has 0 radical (unpaired) electrons. The van der Waals surface area contributed by atoms with E-state index in [1.54, 1.807) is 18.7 Å². The standard InChI is InChI=1S/C11H19N5O2/c1-8-10(16(17)18)11(14(2)13-8)15-6-4-3-5-9(15)7-12/h9H,3-7,12H2,1-2H3. The number of piperidine rings is 1. The van der Waals surface area contributed by atoms with E-state index in [-0.39, 0.29) is 16.7 Å². The molecule has 0 aliphatic carbocycles. The average molecular weight is 253 g/mol. The van der Waals surface area contributed by atoms with Crippen molar-refractivity contribution in [3.8, 4) is 0 Å². The lowest BCUT2D eigenvalue weighted by atomic mass is 10.0. The first kappa shape index (κ1) is 12.8. The smallest absolute Gasteiger partial charge is 0.333 e. The van der Waals surface area contributed by atoms with Gasteiger partial charge in [0.2, 0.25) is 5.82 Å². The van der Waals surface area contributed by atoms with Crippen molar-refractivity contribution < 1.29 is 4.92 Å². The van der Waals surface area contributed by atoms with Crippen molar-refractivity contribution in [3.05, 3.63) is 15.8 Å². The number of nitrogens with zero attached hydrogens (tertiary/aromatic N) is 4. The van der Waals surface area contributed by atoms with Crippen LogP contribution in [-0.4, -0.2) is 33.8 Å². The molecule has 0 amide bonds. The number of nitrogens with two attached hydrogens (primary N) is 1. The molecule has 2 N–H and O–H groups in total. The predicted octanol–water partition coefficient (Wildman–Crippen LogP) is 0.954. The molecule has 1 unspecified atom stereocenters. The van der Waals surface area contributed by atoms with E-state index in [2.05, 4.69) is 5.10 Å². The highest BCUT2D eigenvalue weighted by molar-refractivity contribution is 5.62. The van der Waals surface area contributed by atoms with E-state index in [4.69, 9.17) is 5.73 Å². The fraction of sp³-hybridized carbons (Fsp3) is 0.727. The van der Waals surface area contributed by atoms with Gasteiger partial charge >= 0.3 is 5.69 Å². The maximum absolute atomic E-state index is 11.2. The molecule has 1 aliphatic heterocycles. The van der Waals surface area contributed by atoms with Crippen LogP contribution in [0.1, 0.15) is 25.0 Å². The van der Waals surface area contributed by atoms with Gasteiger partial charge in [-0.1, -0.05) is 0 Å². The maximum atomic E-state index is 11.2. The summed E-state index contributed by atoms with van der Waals surface area (Å²) >= 11 is 0. The molecule has 100 valence electrons. The van der Waals surface area contributed by atoms with Crippen molar-refractivity contribution in [2.24, 2.45) is 12.8 Å². The molecule has 1 atom stereocenters.